The number of carbonyl (C=O) groups is 3. The third-order valence-corrected chi connectivity index (χ3v) is 11.5. The Morgan fingerprint density at radius 3 is 1.78 bits per heavy atom. The van der Waals surface area contributed by atoms with Gasteiger partial charge >= 0.3 is 12.1 Å². The number of nitrogens with one attached hydrogen (secondary N) is 1. The number of esters is 1. The highest BCUT2D eigenvalue weighted by Crippen LogP contribution is 2.45. The lowest BCUT2D eigenvalue weighted by Gasteiger charge is -2.40. The molecule has 282 valence electrons. The van der Waals surface area contributed by atoms with Crippen LogP contribution in [0.25, 0.3) is 11.1 Å². The Morgan fingerprint density at radius 1 is 0.727 bits per heavy atom. The first-order valence-corrected chi connectivity index (χ1v) is 19.4. The van der Waals surface area contributed by atoms with Crippen LogP contribution >= 0.6 is 11.6 Å². The van der Waals surface area contributed by atoms with Crippen LogP contribution in [0.5, 0.6) is 0 Å². The summed E-state index contributed by atoms with van der Waals surface area (Å²) in [5.41, 5.74) is 4.95. The summed E-state index contributed by atoms with van der Waals surface area (Å²) >= 11 is 6.89. The fourth-order valence-corrected chi connectivity index (χ4v) is 8.56. The minimum absolute atomic E-state index is 0.0693. The van der Waals surface area contributed by atoms with Crippen LogP contribution in [-0.2, 0) is 24.7 Å². The summed E-state index contributed by atoms with van der Waals surface area (Å²) in [6, 6.07) is 41.1. The minimum atomic E-state index is -1.46. The van der Waals surface area contributed by atoms with Crippen molar-refractivity contribution < 1.29 is 23.9 Å². The van der Waals surface area contributed by atoms with Crippen molar-refractivity contribution in [3.05, 3.63) is 166 Å². The third-order valence-electron chi connectivity index (χ3n) is 11.2. The van der Waals surface area contributed by atoms with E-state index in [9.17, 15) is 14.4 Å². The van der Waals surface area contributed by atoms with Crippen molar-refractivity contribution in [2.24, 2.45) is 11.3 Å². The third kappa shape index (κ3) is 7.90. The van der Waals surface area contributed by atoms with Crippen molar-refractivity contribution in [1.29, 1.82) is 0 Å². The Hall–Kier alpha value is -5.40. The van der Waals surface area contributed by atoms with E-state index in [-0.39, 0.29) is 23.8 Å². The van der Waals surface area contributed by atoms with E-state index in [1.807, 2.05) is 103 Å². The molecule has 5 aromatic rings. The fourth-order valence-electron chi connectivity index (χ4n) is 8.29. The maximum absolute atomic E-state index is 14.5. The molecule has 0 radical (unpaired) electrons. The predicted octanol–water partition coefficient (Wildman–Crippen LogP) is 9.76. The van der Waals surface area contributed by atoms with Crippen molar-refractivity contribution in [1.82, 2.24) is 10.2 Å². The van der Waals surface area contributed by atoms with Crippen molar-refractivity contribution in [2.45, 2.75) is 57.6 Å². The lowest BCUT2D eigenvalue weighted by Crippen LogP contribution is -2.52. The van der Waals surface area contributed by atoms with Crippen LogP contribution in [0.1, 0.15) is 73.8 Å². The molecule has 5 aromatic carbocycles. The number of rotatable bonds is 10. The Kier molecular flexibility index (Phi) is 11.1. The quantitative estimate of drug-likeness (QED) is 0.113. The molecule has 1 heterocycles. The van der Waals surface area contributed by atoms with E-state index in [1.165, 1.54) is 0 Å². The number of carbonyl (C=O) groups excluding carboxylic acids is 3. The molecule has 1 atom stereocenters. The zero-order valence-corrected chi connectivity index (χ0v) is 32.3. The van der Waals surface area contributed by atoms with Crippen molar-refractivity contribution in [3.8, 4) is 11.1 Å². The molecule has 1 unspecified atom stereocenters. The summed E-state index contributed by atoms with van der Waals surface area (Å²) in [5, 5.41) is 3.21. The van der Waals surface area contributed by atoms with E-state index in [1.54, 1.807) is 11.0 Å². The standard InChI is InChI=1S/C47H47ClN2O5/c1-46(2,3)32-26-28-50(29-27-32)44(52)42(49-45(53)54-31-39-37-22-12-10-20-35(37)36-21-11-13-23-38(36)39)30-43(51)55-47(33-16-6-4-7-17-33,34-18-8-5-9-19-34)40-24-14-15-25-41(40)48/h4-25,32,39,42H,26-31H2,1-3H3,(H,49,53). The van der Waals surface area contributed by atoms with Crippen LogP contribution in [0.4, 0.5) is 4.79 Å². The van der Waals surface area contributed by atoms with E-state index in [0.717, 1.165) is 35.1 Å². The molecule has 0 aromatic heterocycles. The lowest BCUT2D eigenvalue weighted by molar-refractivity contribution is -0.156. The molecule has 0 spiro atoms. The maximum Gasteiger partial charge on any atom is 0.407 e. The number of halogens is 1. The molecule has 1 aliphatic carbocycles. The largest absolute Gasteiger partial charge is 0.449 e. The summed E-state index contributed by atoms with van der Waals surface area (Å²) in [6.45, 7) is 7.78. The summed E-state index contributed by atoms with van der Waals surface area (Å²) in [7, 11) is 0. The number of hydrogen-bond donors (Lipinski definition) is 1. The Balaban J connectivity index is 1.17. The van der Waals surface area contributed by atoms with Gasteiger partial charge < -0.3 is 19.7 Å². The van der Waals surface area contributed by atoms with Crippen LogP contribution in [-0.4, -0.2) is 48.6 Å². The molecule has 1 fully saturated rings. The Labute approximate surface area is 328 Å². The van der Waals surface area contributed by atoms with E-state index in [2.05, 4.69) is 50.4 Å². The highest BCUT2D eigenvalue weighted by Gasteiger charge is 2.43. The van der Waals surface area contributed by atoms with Crippen LogP contribution in [0.15, 0.2) is 133 Å². The fraction of sp³-hybridized carbons (Fsp3) is 0.298. The van der Waals surface area contributed by atoms with Crippen LogP contribution in [0.2, 0.25) is 5.02 Å². The lowest BCUT2D eigenvalue weighted by atomic mass is 9.75. The maximum atomic E-state index is 14.5. The monoisotopic (exact) mass is 754 g/mol. The van der Waals surface area contributed by atoms with E-state index >= 15 is 0 Å². The number of likely N-dealkylation sites (tertiary alicyclic amines) is 1. The van der Waals surface area contributed by atoms with Gasteiger partial charge in [-0.05, 0) is 52.5 Å². The van der Waals surface area contributed by atoms with Gasteiger partial charge in [0.2, 0.25) is 5.91 Å². The van der Waals surface area contributed by atoms with Gasteiger partial charge in [-0.3, -0.25) is 9.59 Å². The predicted molar refractivity (Wildman–Crippen MR) is 216 cm³/mol. The number of ether oxygens (including phenoxy) is 2. The van der Waals surface area contributed by atoms with Gasteiger partial charge in [-0.25, -0.2) is 4.79 Å². The molecule has 1 saturated heterocycles. The van der Waals surface area contributed by atoms with E-state index in [0.29, 0.717) is 40.7 Å². The first kappa shape index (κ1) is 37.9. The zero-order valence-electron chi connectivity index (χ0n) is 31.5. The molecule has 1 aliphatic heterocycles. The van der Waals surface area contributed by atoms with Gasteiger partial charge in [0.1, 0.15) is 12.6 Å². The number of piperidine rings is 1. The molecule has 0 bridgehead atoms. The van der Waals surface area contributed by atoms with Gasteiger partial charge in [-0.15, -0.1) is 0 Å². The van der Waals surface area contributed by atoms with Crippen molar-refractivity contribution in [2.75, 3.05) is 19.7 Å². The van der Waals surface area contributed by atoms with Gasteiger partial charge in [-0.2, -0.15) is 0 Å². The molecule has 7 nitrogen and oxygen atoms in total. The number of benzene rings is 5. The number of alkyl carbamates (subject to hydrolysis) is 1. The smallest absolute Gasteiger partial charge is 0.407 e. The topological polar surface area (TPSA) is 84.9 Å². The second-order valence-electron chi connectivity index (χ2n) is 15.6. The van der Waals surface area contributed by atoms with Crippen LogP contribution < -0.4 is 5.32 Å². The van der Waals surface area contributed by atoms with Crippen molar-refractivity contribution in [3.63, 3.8) is 0 Å². The van der Waals surface area contributed by atoms with Crippen LogP contribution in [0.3, 0.4) is 0 Å². The van der Waals surface area contributed by atoms with Gasteiger partial charge in [0.05, 0.1) is 6.42 Å². The molecule has 0 saturated carbocycles. The number of amides is 2. The molecule has 2 aliphatic rings. The average molecular weight is 755 g/mol. The average Bonchev–Trinajstić information content (AvgIpc) is 3.52. The summed E-state index contributed by atoms with van der Waals surface area (Å²) in [6.07, 6.45) is 0.457. The molecule has 8 heteroatoms. The Morgan fingerprint density at radius 2 is 1.24 bits per heavy atom. The van der Waals surface area contributed by atoms with Gasteiger partial charge in [0.15, 0.2) is 5.60 Å². The van der Waals surface area contributed by atoms with Crippen LogP contribution in [0, 0.1) is 11.3 Å². The first-order chi connectivity index (χ1) is 26.6. The number of fused-ring (bicyclic) bond motifs is 3. The highest BCUT2D eigenvalue weighted by molar-refractivity contribution is 6.31. The normalized spacial score (nSPS) is 15.1. The number of nitrogens with zero attached hydrogens (tertiary/aromatic N) is 1. The number of hydrogen-bond acceptors (Lipinski definition) is 5. The SMILES string of the molecule is CC(C)(C)C1CCN(C(=O)C(CC(=O)OC(c2ccccc2)(c2ccccc2)c2ccccc2Cl)NC(=O)OCC2c3ccccc3-c3ccccc32)CC1. The highest BCUT2D eigenvalue weighted by atomic mass is 35.5. The minimum Gasteiger partial charge on any atom is -0.449 e. The molecule has 1 N–H and O–H groups in total. The van der Waals surface area contributed by atoms with Gasteiger partial charge in [0, 0.05) is 40.7 Å². The summed E-state index contributed by atoms with van der Waals surface area (Å²) in [4.78, 5) is 44.3. The molecule has 55 heavy (non-hydrogen) atoms. The van der Waals surface area contributed by atoms with Gasteiger partial charge in [0.25, 0.3) is 0 Å². The molecular formula is C47H47ClN2O5. The molecule has 7 rings (SSSR count). The molecular weight excluding hydrogens is 708 g/mol. The van der Waals surface area contributed by atoms with Gasteiger partial charge in [-0.1, -0.05) is 160 Å². The van der Waals surface area contributed by atoms with E-state index < -0.39 is 30.1 Å². The summed E-state index contributed by atoms with van der Waals surface area (Å²) < 4.78 is 12.5. The first-order valence-electron chi connectivity index (χ1n) is 19.0. The second-order valence-corrected chi connectivity index (χ2v) is 16.0. The van der Waals surface area contributed by atoms with Crippen molar-refractivity contribution >= 4 is 29.6 Å². The summed E-state index contributed by atoms with van der Waals surface area (Å²) in [5.74, 6) is -0.750. The second kappa shape index (κ2) is 16.1. The Bertz CT molecular complexity index is 2060. The zero-order chi connectivity index (χ0) is 38.6. The van der Waals surface area contributed by atoms with E-state index in [4.69, 9.17) is 21.1 Å². The molecule has 2 amide bonds.